The lowest BCUT2D eigenvalue weighted by atomic mass is 10.1. The average molecular weight is 227 g/mol. The van der Waals surface area contributed by atoms with Crippen molar-refractivity contribution < 1.29 is 14.6 Å². The van der Waals surface area contributed by atoms with Crippen LogP contribution >= 0.6 is 0 Å². The lowest BCUT2D eigenvalue weighted by molar-refractivity contribution is -0.142. The molecular formula is C12H21NO3. The van der Waals surface area contributed by atoms with Crippen LogP contribution in [-0.4, -0.2) is 48.3 Å². The number of hydrogen-bond donors (Lipinski definition) is 1. The van der Waals surface area contributed by atoms with Gasteiger partial charge in [-0.05, 0) is 6.42 Å². The second kappa shape index (κ2) is 7.41. The second-order valence-electron chi connectivity index (χ2n) is 4.00. The number of carbonyl (C=O) groups is 1. The summed E-state index contributed by atoms with van der Waals surface area (Å²) in [5.74, 6) is -0.769. The predicted octanol–water partition coefficient (Wildman–Crippen LogP) is 1.52. The summed E-state index contributed by atoms with van der Waals surface area (Å²) in [5, 5.41) is 9.15. The highest BCUT2D eigenvalue weighted by molar-refractivity contribution is 5.75. The Morgan fingerprint density at radius 3 is 2.75 bits per heavy atom. The van der Waals surface area contributed by atoms with E-state index < -0.39 is 12.0 Å². The fourth-order valence-electron chi connectivity index (χ4n) is 1.76. The average Bonchev–Trinajstić information content (AvgIpc) is 2.30. The molecule has 1 N–H and O–H groups in total. The van der Waals surface area contributed by atoms with E-state index in [1.54, 1.807) is 0 Å². The number of aliphatic carboxylic acids is 1. The summed E-state index contributed by atoms with van der Waals surface area (Å²) in [6, 6.07) is -0.485. The highest BCUT2D eigenvalue weighted by atomic mass is 16.5. The van der Waals surface area contributed by atoms with Crippen LogP contribution in [0.3, 0.4) is 0 Å². The minimum atomic E-state index is -0.769. The Hall–Kier alpha value is -0.870. The third-order valence-corrected chi connectivity index (χ3v) is 2.73. The van der Waals surface area contributed by atoms with E-state index in [-0.39, 0.29) is 0 Å². The van der Waals surface area contributed by atoms with E-state index in [1.807, 2.05) is 17.1 Å². The second-order valence-corrected chi connectivity index (χ2v) is 4.00. The zero-order valence-electron chi connectivity index (χ0n) is 9.89. The summed E-state index contributed by atoms with van der Waals surface area (Å²) in [5.41, 5.74) is 0. The third-order valence-electron chi connectivity index (χ3n) is 2.73. The highest BCUT2D eigenvalue weighted by Crippen LogP contribution is 2.07. The largest absolute Gasteiger partial charge is 0.480 e. The molecule has 0 aromatic rings. The molecule has 1 unspecified atom stereocenters. The van der Waals surface area contributed by atoms with E-state index in [1.165, 1.54) is 0 Å². The van der Waals surface area contributed by atoms with Crippen molar-refractivity contribution in [3.05, 3.63) is 12.2 Å². The molecule has 4 nitrogen and oxygen atoms in total. The zero-order chi connectivity index (χ0) is 11.8. The summed E-state index contributed by atoms with van der Waals surface area (Å²) in [4.78, 5) is 13.1. The molecule has 4 heteroatoms. The van der Waals surface area contributed by atoms with Crippen molar-refractivity contribution in [2.24, 2.45) is 0 Å². The van der Waals surface area contributed by atoms with Crippen molar-refractivity contribution in [3.8, 4) is 0 Å². The molecule has 0 saturated carbocycles. The fraction of sp³-hybridized carbons (Fsp3) is 0.750. The summed E-state index contributed by atoms with van der Waals surface area (Å²) >= 11 is 0. The number of carboxylic acid groups (broad SMARTS) is 1. The monoisotopic (exact) mass is 227 g/mol. The van der Waals surface area contributed by atoms with E-state index in [9.17, 15) is 4.79 Å². The van der Waals surface area contributed by atoms with Gasteiger partial charge in [-0.25, -0.2) is 0 Å². The maximum Gasteiger partial charge on any atom is 0.324 e. The van der Waals surface area contributed by atoms with E-state index in [0.29, 0.717) is 26.3 Å². The lowest BCUT2D eigenvalue weighted by Gasteiger charge is -2.30. The number of allylic oxidation sites excluding steroid dienone is 1. The minimum absolute atomic E-state index is 0.485. The van der Waals surface area contributed by atoms with Crippen LogP contribution in [-0.2, 0) is 9.53 Å². The van der Waals surface area contributed by atoms with Gasteiger partial charge in [-0.15, -0.1) is 0 Å². The molecule has 0 spiro atoms. The number of unbranched alkanes of at least 4 members (excludes halogenated alkanes) is 2. The van der Waals surface area contributed by atoms with Gasteiger partial charge < -0.3 is 9.84 Å². The van der Waals surface area contributed by atoms with Crippen molar-refractivity contribution in [3.63, 3.8) is 0 Å². The van der Waals surface area contributed by atoms with E-state index in [2.05, 4.69) is 6.92 Å². The van der Waals surface area contributed by atoms with Crippen LogP contribution in [0.25, 0.3) is 0 Å². The lowest BCUT2D eigenvalue weighted by Crippen LogP contribution is -2.46. The minimum Gasteiger partial charge on any atom is -0.480 e. The summed E-state index contributed by atoms with van der Waals surface area (Å²) < 4.78 is 5.21. The molecule has 1 rings (SSSR count). The number of ether oxygens (including phenoxy) is 1. The maximum absolute atomic E-state index is 11.1. The number of morpholine rings is 1. The molecule has 1 saturated heterocycles. The Labute approximate surface area is 96.9 Å². The van der Waals surface area contributed by atoms with Crippen LogP contribution in [0.4, 0.5) is 0 Å². The smallest absolute Gasteiger partial charge is 0.324 e. The van der Waals surface area contributed by atoms with E-state index in [0.717, 1.165) is 19.3 Å². The SMILES string of the molecule is CCCCC=CC(C(=O)O)N1CCOCC1. The van der Waals surface area contributed by atoms with Gasteiger partial charge in [0.1, 0.15) is 6.04 Å². The van der Waals surface area contributed by atoms with Gasteiger partial charge in [-0.3, -0.25) is 9.69 Å². The predicted molar refractivity (Wildman–Crippen MR) is 62.5 cm³/mol. The number of hydrogen-bond acceptors (Lipinski definition) is 3. The first-order valence-corrected chi connectivity index (χ1v) is 5.97. The van der Waals surface area contributed by atoms with E-state index >= 15 is 0 Å². The Morgan fingerprint density at radius 1 is 1.50 bits per heavy atom. The van der Waals surface area contributed by atoms with Gasteiger partial charge in [-0.1, -0.05) is 31.9 Å². The van der Waals surface area contributed by atoms with Crippen LogP contribution in [0.2, 0.25) is 0 Å². The topological polar surface area (TPSA) is 49.8 Å². The van der Waals surface area contributed by atoms with Gasteiger partial charge in [0.2, 0.25) is 0 Å². The molecule has 16 heavy (non-hydrogen) atoms. The van der Waals surface area contributed by atoms with Gasteiger partial charge in [0.05, 0.1) is 13.2 Å². The Kier molecular flexibility index (Phi) is 6.11. The van der Waals surface area contributed by atoms with Gasteiger partial charge in [0.15, 0.2) is 0 Å². The van der Waals surface area contributed by atoms with Gasteiger partial charge in [0, 0.05) is 13.1 Å². The van der Waals surface area contributed by atoms with Crippen molar-refractivity contribution in [2.45, 2.75) is 32.2 Å². The fourth-order valence-corrected chi connectivity index (χ4v) is 1.76. The molecule has 1 fully saturated rings. The van der Waals surface area contributed by atoms with Crippen molar-refractivity contribution in [2.75, 3.05) is 26.3 Å². The van der Waals surface area contributed by atoms with Gasteiger partial charge in [-0.2, -0.15) is 0 Å². The first-order valence-electron chi connectivity index (χ1n) is 5.97. The van der Waals surface area contributed by atoms with Gasteiger partial charge >= 0.3 is 5.97 Å². The van der Waals surface area contributed by atoms with E-state index in [4.69, 9.17) is 9.84 Å². The molecule has 0 radical (unpaired) electrons. The molecule has 0 bridgehead atoms. The molecule has 1 heterocycles. The molecule has 1 aliphatic heterocycles. The van der Waals surface area contributed by atoms with Crippen molar-refractivity contribution in [1.82, 2.24) is 4.90 Å². The van der Waals surface area contributed by atoms with Crippen LogP contribution < -0.4 is 0 Å². The normalized spacial score (nSPS) is 20.1. The molecule has 0 aromatic heterocycles. The summed E-state index contributed by atoms with van der Waals surface area (Å²) in [6.07, 6.45) is 7.01. The summed E-state index contributed by atoms with van der Waals surface area (Å²) in [6.45, 7) is 4.80. The number of nitrogens with zero attached hydrogens (tertiary/aromatic N) is 1. The van der Waals surface area contributed by atoms with Crippen molar-refractivity contribution >= 4 is 5.97 Å². The molecule has 0 amide bonds. The molecular weight excluding hydrogens is 206 g/mol. The Bertz CT molecular complexity index is 234. The highest BCUT2D eigenvalue weighted by Gasteiger charge is 2.24. The van der Waals surface area contributed by atoms with Crippen LogP contribution in [0.15, 0.2) is 12.2 Å². The molecule has 92 valence electrons. The molecule has 1 aliphatic rings. The van der Waals surface area contributed by atoms with Crippen LogP contribution in [0, 0.1) is 0 Å². The van der Waals surface area contributed by atoms with Gasteiger partial charge in [0.25, 0.3) is 0 Å². The first kappa shape index (κ1) is 13.2. The number of carboxylic acids is 1. The molecule has 0 aliphatic carbocycles. The standard InChI is InChI=1S/C12H21NO3/c1-2-3-4-5-6-11(12(14)15)13-7-9-16-10-8-13/h5-6,11H,2-4,7-10H2,1H3,(H,14,15). The Morgan fingerprint density at radius 2 is 2.19 bits per heavy atom. The Balaban J connectivity index is 2.45. The maximum atomic E-state index is 11.1. The third kappa shape index (κ3) is 4.33. The quantitative estimate of drug-likeness (QED) is 0.552. The number of rotatable bonds is 6. The summed E-state index contributed by atoms with van der Waals surface area (Å²) in [7, 11) is 0. The van der Waals surface area contributed by atoms with Crippen LogP contribution in [0.5, 0.6) is 0 Å². The molecule has 0 aromatic carbocycles. The van der Waals surface area contributed by atoms with Crippen molar-refractivity contribution in [1.29, 1.82) is 0 Å². The van der Waals surface area contributed by atoms with Crippen LogP contribution in [0.1, 0.15) is 26.2 Å². The first-order chi connectivity index (χ1) is 7.75. The molecule has 1 atom stereocenters. The zero-order valence-corrected chi connectivity index (χ0v) is 9.89.